The van der Waals surface area contributed by atoms with E-state index in [1.807, 2.05) is 13.0 Å². The number of nitrogens with zero attached hydrogens (tertiary/aromatic N) is 2. The van der Waals surface area contributed by atoms with Crippen molar-refractivity contribution in [2.24, 2.45) is 0 Å². The number of hydrogen-bond acceptors (Lipinski definition) is 3. The van der Waals surface area contributed by atoms with E-state index in [4.69, 9.17) is 9.84 Å². The number of rotatable bonds is 6. The van der Waals surface area contributed by atoms with Gasteiger partial charge in [0, 0.05) is 13.5 Å². The number of aromatic nitrogens is 2. The van der Waals surface area contributed by atoms with Gasteiger partial charge in [-0.15, -0.1) is 0 Å². The highest BCUT2D eigenvalue weighted by Crippen LogP contribution is 2.20. The molecule has 1 aromatic carbocycles. The Morgan fingerprint density at radius 2 is 2.25 bits per heavy atom. The molecule has 0 saturated carbocycles. The van der Waals surface area contributed by atoms with Gasteiger partial charge in [0.05, 0.1) is 29.2 Å². The molecule has 0 aliphatic heterocycles. The average Bonchev–Trinajstić information content (AvgIpc) is 2.76. The molecule has 0 fully saturated rings. The Kier molecular flexibility index (Phi) is 4.39. The second-order valence-electron chi connectivity index (χ2n) is 4.94. The van der Waals surface area contributed by atoms with Gasteiger partial charge in [0.15, 0.2) is 0 Å². The van der Waals surface area contributed by atoms with Gasteiger partial charge in [0.25, 0.3) is 0 Å². The van der Waals surface area contributed by atoms with E-state index >= 15 is 0 Å². The number of imidazole rings is 1. The fraction of sp³-hybridized carbons (Fsp3) is 0.467. The van der Waals surface area contributed by atoms with Crippen molar-refractivity contribution in [3.05, 3.63) is 29.6 Å². The van der Waals surface area contributed by atoms with Crippen LogP contribution in [0.4, 0.5) is 0 Å². The SMILES string of the molecule is CCCc1nc2cc(C(=O)O)ccc2n1CC(C)OC. The lowest BCUT2D eigenvalue weighted by molar-refractivity contribution is 0.0697. The van der Waals surface area contributed by atoms with Crippen LogP contribution in [-0.4, -0.2) is 33.8 Å². The Hall–Kier alpha value is -1.88. The highest BCUT2D eigenvalue weighted by Gasteiger charge is 2.14. The molecule has 0 aliphatic rings. The van der Waals surface area contributed by atoms with Crippen LogP contribution in [0, 0.1) is 0 Å². The zero-order valence-electron chi connectivity index (χ0n) is 12.1. The van der Waals surface area contributed by atoms with E-state index in [2.05, 4.69) is 16.5 Å². The predicted molar refractivity (Wildman–Crippen MR) is 77.2 cm³/mol. The number of ether oxygens (including phenoxy) is 1. The lowest BCUT2D eigenvalue weighted by Crippen LogP contribution is -2.16. The van der Waals surface area contributed by atoms with Gasteiger partial charge in [0.2, 0.25) is 0 Å². The van der Waals surface area contributed by atoms with Crippen molar-refractivity contribution in [1.82, 2.24) is 9.55 Å². The lowest BCUT2D eigenvalue weighted by atomic mass is 10.2. The molecular weight excluding hydrogens is 256 g/mol. The molecule has 0 bridgehead atoms. The molecule has 108 valence electrons. The Balaban J connectivity index is 2.51. The maximum atomic E-state index is 11.0. The largest absolute Gasteiger partial charge is 0.478 e. The molecular formula is C15H20N2O3. The van der Waals surface area contributed by atoms with E-state index in [1.54, 1.807) is 19.2 Å². The van der Waals surface area contributed by atoms with Crippen LogP contribution < -0.4 is 0 Å². The van der Waals surface area contributed by atoms with E-state index < -0.39 is 5.97 Å². The molecule has 5 nitrogen and oxygen atoms in total. The van der Waals surface area contributed by atoms with Crippen molar-refractivity contribution in [2.75, 3.05) is 7.11 Å². The van der Waals surface area contributed by atoms with E-state index in [-0.39, 0.29) is 11.7 Å². The van der Waals surface area contributed by atoms with Gasteiger partial charge in [-0.25, -0.2) is 9.78 Å². The Bertz CT molecular complexity index is 619. The summed E-state index contributed by atoms with van der Waals surface area (Å²) in [6.45, 7) is 4.83. The third-order valence-electron chi connectivity index (χ3n) is 3.39. The van der Waals surface area contributed by atoms with Crippen molar-refractivity contribution >= 4 is 17.0 Å². The number of methoxy groups -OCH3 is 1. The minimum Gasteiger partial charge on any atom is -0.478 e. The second-order valence-corrected chi connectivity index (χ2v) is 4.94. The molecule has 20 heavy (non-hydrogen) atoms. The van der Waals surface area contributed by atoms with Gasteiger partial charge in [-0.05, 0) is 31.5 Å². The number of fused-ring (bicyclic) bond motifs is 1. The number of carbonyl (C=O) groups is 1. The van der Waals surface area contributed by atoms with Gasteiger partial charge >= 0.3 is 5.97 Å². The summed E-state index contributed by atoms with van der Waals surface area (Å²) in [6.07, 6.45) is 1.95. The number of benzene rings is 1. The van der Waals surface area contributed by atoms with Crippen LogP contribution in [0.25, 0.3) is 11.0 Å². The number of hydrogen-bond donors (Lipinski definition) is 1. The molecule has 2 aromatic rings. The van der Waals surface area contributed by atoms with Crippen molar-refractivity contribution < 1.29 is 14.6 Å². The molecule has 1 unspecified atom stereocenters. The topological polar surface area (TPSA) is 64.3 Å². The predicted octanol–water partition coefficient (Wildman–Crippen LogP) is 2.72. The third-order valence-corrected chi connectivity index (χ3v) is 3.39. The highest BCUT2D eigenvalue weighted by atomic mass is 16.5. The molecule has 1 N–H and O–H groups in total. The quantitative estimate of drug-likeness (QED) is 0.881. The molecule has 0 radical (unpaired) electrons. The van der Waals surface area contributed by atoms with Crippen molar-refractivity contribution in [2.45, 2.75) is 39.3 Å². The van der Waals surface area contributed by atoms with Gasteiger partial charge in [-0.1, -0.05) is 6.92 Å². The molecule has 2 rings (SSSR count). The van der Waals surface area contributed by atoms with Crippen LogP contribution in [-0.2, 0) is 17.7 Å². The maximum Gasteiger partial charge on any atom is 0.335 e. The smallest absolute Gasteiger partial charge is 0.335 e. The zero-order chi connectivity index (χ0) is 14.7. The van der Waals surface area contributed by atoms with E-state index in [1.165, 1.54) is 0 Å². The van der Waals surface area contributed by atoms with Gasteiger partial charge in [-0.2, -0.15) is 0 Å². The zero-order valence-corrected chi connectivity index (χ0v) is 12.1. The highest BCUT2D eigenvalue weighted by molar-refractivity contribution is 5.92. The summed E-state index contributed by atoms with van der Waals surface area (Å²) >= 11 is 0. The van der Waals surface area contributed by atoms with Crippen LogP contribution in [0.5, 0.6) is 0 Å². The van der Waals surface area contributed by atoms with Crippen LogP contribution in [0.1, 0.15) is 36.5 Å². The van der Waals surface area contributed by atoms with Crippen molar-refractivity contribution in [1.29, 1.82) is 0 Å². The molecule has 0 spiro atoms. The Labute approximate surface area is 118 Å². The molecule has 0 amide bonds. The maximum absolute atomic E-state index is 11.0. The van der Waals surface area contributed by atoms with Crippen molar-refractivity contribution in [3.8, 4) is 0 Å². The lowest BCUT2D eigenvalue weighted by Gasteiger charge is -2.13. The van der Waals surface area contributed by atoms with Crippen LogP contribution >= 0.6 is 0 Å². The first-order chi connectivity index (χ1) is 9.56. The second kappa shape index (κ2) is 6.05. The van der Waals surface area contributed by atoms with E-state index in [0.29, 0.717) is 0 Å². The molecule has 1 atom stereocenters. The molecule has 0 saturated heterocycles. The normalized spacial score (nSPS) is 12.8. The Morgan fingerprint density at radius 1 is 1.50 bits per heavy atom. The molecule has 1 heterocycles. The van der Waals surface area contributed by atoms with Crippen molar-refractivity contribution in [3.63, 3.8) is 0 Å². The number of aromatic carboxylic acids is 1. The number of aryl methyl sites for hydroxylation is 1. The first kappa shape index (κ1) is 14.5. The summed E-state index contributed by atoms with van der Waals surface area (Å²) in [6, 6.07) is 5.08. The summed E-state index contributed by atoms with van der Waals surface area (Å²) in [7, 11) is 1.69. The monoisotopic (exact) mass is 276 g/mol. The van der Waals surface area contributed by atoms with Gasteiger partial charge in [0.1, 0.15) is 5.82 Å². The Morgan fingerprint density at radius 3 is 2.85 bits per heavy atom. The third kappa shape index (κ3) is 2.82. The van der Waals surface area contributed by atoms with E-state index in [0.717, 1.165) is 36.2 Å². The first-order valence-electron chi connectivity index (χ1n) is 6.82. The first-order valence-corrected chi connectivity index (χ1v) is 6.82. The van der Waals surface area contributed by atoms with Crippen LogP contribution in [0.15, 0.2) is 18.2 Å². The molecule has 0 aliphatic carbocycles. The van der Waals surface area contributed by atoms with Gasteiger partial charge in [-0.3, -0.25) is 0 Å². The number of carboxylic acids is 1. The van der Waals surface area contributed by atoms with E-state index in [9.17, 15) is 4.79 Å². The standard InChI is InChI=1S/C15H20N2O3/c1-4-5-14-16-12-8-11(15(18)19)6-7-13(12)17(14)9-10(2)20-3/h6-8,10H,4-5,9H2,1-3H3,(H,18,19). The number of carboxylic acid groups (broad SMARTS) is 1. The summed E-state index contributed by atoms with van der Waals surface area (Å²) in [4.78, 5) is 15.6. The molecule has 1 aromatic heterocycles. The summed E-state index contributed by atoms with van der Waals surface area (Å²) in [5.74, 6) is 0.0534. The summed E-state index contributed by atoms with van der Waals surface area (Å²) in [5, 5.41) is 9.05. The van der Waals surface area contributed by atoms with Gasteiger partial charge < -0.3 is 14.4 Å². The minimum atomic E-state index is -0.927. The summed E-state index contributed by atoms with van der Waals surface area (Å²) < 4.78 is 7.45. The fourth-order valence-corrected chi connectivity index (χ4v) is 2.26. The summed E-state index contributed by atoms with van der Waals surface area (Å²) in [5.41, 5.74) is 1.96. The minimum absolute atomic E-state index is 0.0853. The van der Waals surface area contributed by atoms with Crippen LogP contribution in [0.2, 0.25) is 0 Å². The van der Waals surface area contributed by atoms with Crippen LogP contribution in [0.3, 0.4) is 0 Å². The molecule has 5 heteroatoms. The average molecular weight is 276 g/mol. The fourth-order valence-electron chi connectivity index (χ4n) is 2.26.